The van der Waals surface area contributed by atoms with Crippen molar-refractivity contribution >= 4 is 27.8 Å². The first-order valence-corrected chi connectivity index (χ1v) is 10.3. The van der Waals surface area contributed by atoms with Crippen LogP contribution in [0.4, 0.5) is 22.7 Å². The van der Waals surface area contributed by atoms with Crippen LogP contribution in [0, 0.1) is 5.82 Å². The van der Waals surface area contributed by atoms with Crippen molar-refractivity contribution in [3.8, 4) is 10.6 Å². The quantitative estimate of drug-likeness (QED) is 0.562. The summed E-state index contributed by atoms with van der Waals surface area (Å²) in [4.78, 5) is 12.0. The van der Waals surface area contributed by atoms with Gasteiger partial charge in [0, 0.05) is 43.7 Å². The summed E-state index contributed by atoms with van der Waals surface area (Å²) < 4.78 is 51.3. The molecule has 0 unspecified atom stereocenters. The number of piperazine rings is 1. The predicted octanol–water partition coefficient (Wildman–Crippen LogP) is 4.75. The molecule has 0 N–H and O–H groups in total. The summed E-state index contributed by atoms with van der Waals surface area (Å²) in [6.45, 7) is 3.38. The molecule has 0 bridgehead atoms. The molecule has 0 spiro atoms. The van der Waals surface area contributed by atoms with Crippen LogP contribution < -0.4 is 4.90 Å². The maximum Gasteiger partial charge on any atom is 0.427 e. The van der Waals surface area contributed by atoms with Gasteiger partial charge >= 0.3 is 6.18 Å². The van der Waals surface area contributed by atoms with Gasteiger partial charge in [-0.25, -0.2) is 14.4 Å². The van der Waals surface area contributed by atoms with E-state index in [4.69, 9.17) is 0 Å². The second-order valence-electron chi connectivity index (χ2n) is 6.42. The van der Waals surface area contributed by atoms with E-state index in [9.17, 15) is 17.6 Å². The van der Waals surface area contributed by atoms with E-state index < -0.39 is 11.1 Å². The van der Waals surface area contributed by atoms with Crippen molar-refractivity contribution in [1.82, 2.24) is 14.9 Å². The fourth-order valence-electron chi connectivity index (χ4n) is 2.97. The molecule has 1 fully saturated rings. The minimum atomic E-state index is -4.34. The Balaban J connectivity index is 1.33. The Morgan fingerprint density at radius 1 is 1.04 bits per heavy atom. The van der Waals surface area contributed by atoms with E-state index in [0.29, 0.717) is 36.1 Å². The molecule has 148 valence electrons. The van der Waals surface area contributed by atoms with E-state index in [1.54, 1.807) is 12.1 Å². The van der Waals surface area contributed by atoms with E-state index in [1.807, 2.05) is 10.3 Å². The lowest BCUT2D eigenvalue weighted by atomic mass is 10.2. The van der Waals surface area contributed by atoms with Gasteiger partial charge in [-0.05, 0) is 24.3 Å². The van der Waals surface area contributed by atoms with Crippen molar-refractivity contribution in [2.45, 2.75) is 12.7 Å². The zero-order valence-electron chi connectivity index (χ0n) is 14.6. The molecular weight excluding hydrogens is 412 g/mol. The zero-order chi connectivity index (χ0) is 19.7. The molecule has 0 radical (unpaired) electrons. The lowest BCUT2D eigenvalue weighted by Crippen LogP contribution is -2.46. The standard InChI is InChI=1S/C18H16F4N4S2/c19-13-3-1-12(2-4-13)16-24-14(11-27-16)10-25-5-7-26(8-6-25)17-23-9-15(28-17)18(20,21)22/h1-4,9,11H,5-8,10H2. The first-order chi connectivity index (χ1) is 13.4. The Labute approximate surface area is 167 Å². The van der Waals surface area contributed by atoms with Crippen LogP contribution in [-0.4, -0.2) is 41.0 Å². The number of halogens is 4. The Bertz CT molecular complexity index is 928. The number of anilines is 1. The summed E-state index contributed by atoms with van der Waals surface area (Å²) in [6.07, 6.45) is -3.44. The van der Waals surface area contributed by atoms with E-state index in [1.165, 1.54) is 23.5 Å². The van der Waals surface area contributed by atoms with Gasteiger partial charge in [0.2, 0.25) is 0 Å². The van der Waals surface area contributed by atoms with Crippen LogP contribution >= 0.6 is 22.7 Å². The van der Waals surface area contributed by atoms with Crippen LogP contribution in [0.3, 0.4) is 0 Å². The van der Waals surface area contributed by atoms with Crippen molar-refractivity contribution in [2.24, 2.45) is 0 Å². The molecule has 3 aromatic rings. The number of aromatic nitrogens is 2. The van der Waals surface area contributed by atoms with E-state index >= 15 is 0 Å². The number of benzene rings is 1. The highest BCUT2D eigenvalue weighted by molar-refractivity contribution is 7.15. The molecule has 1 aliphatic heterocycles. The van der Waals surface area contributed by atoms with Crippen LogP contribution in [0.15, 0.2) is 35.8 Å². The predicted molar refractivity (Wildman–Crippen MR) is 102 cm³/mol. The summed E-state index contributed by atoms with van der Waals surface area (Å²) in [6, 6.07) is 6.25. The lowest BCUT2D eigenvalue weighted by molar-refractivity contribution is -0.134. The van der Waals surface area contributed by atoms with Gasteiger partial charge in [-0.1, -0.05) is 11.3 Å². The maximum atomic E-state index is 13.0. The topological polar surface area (TPSA) is 32.3 Å². The van der Waals surface area contributed by atoms with Gasteiger partial charge in [0.25, 0.3) is 0 Å². The third-order valence-electron chi connectivity index (χ3n) is 4.44. The van der Waals surface area contributed by atoms with E-state index in [-0.39, 0.29) is 5.82 Å². The van der Waals surface area contributed by atoms with Gasteiger partial charge in [0.1, 0.15) is 15.7 Å². The van der Waals surface area contributed by atoms with Gasteiger partial charge in [-0.15, -0.1) is 11.3 Å². The molecule has 2 aromatic heterocycles. The Morgan fingerprint density at radius 2 is 1.75 bits per heavy atom. The summed E-state index contributed by atoms with van der Waals surface area (Å²) in [5.74, 6) is -0.277. The highest BCUT2D eigenvalue weighted by atomic mass is 32.1. The average Bonchev–Trinajstić information content (AvgIpc) is 3.33. The molecule has 4 rings (SSSR count). The summed E-state index contributed by atoms with van der Waals surface area (Å²) in [7, 11) is 0. The molecule has 28 heavy (non-hydrogen) atoms. The molecule has 10 heteroatoms. The normalized spacial score (nSPS) is 15.9. The third-order valence-corrected chi connectivity index (χ3v) is 6.49. The summed E-state index contributed by atoms with van der Waals surface area (Å²) in [5.41, 5.74) is 1.82. The van der Waals surface area contributed by atoms with Crippen molar-refractivity contribution in [1.29, 1.82) is 0 Å². The fraction of sp³-hybridized carbons (Fsp3) is 0.333. The Morgan fingerprint density at radius 3 is 2.39 bits per heavy atom. The molecular formula is C18H16F4N4S2. The minimum absolute atomic E-state index is 0.277. The lowest BCUT2D eigenvalue weighted by Gasteiger charge is -2.34. The maximum absolute atomic E-state index is 13.0. The average molecular weight is 428 g/mol. The first-order valence-electron chi connectivity index (χ1n) is 8.59. The molecule has 1 aromatic carbocycles. The van der Waals surface area contributed by atoms with Crippen LogP contribution in [0.5, 0.6) is 0 Å². The Kier molecular flexibility index (Phi) is 5.35. The molecule has 1 aliphatic rings. The first kappa shape index (κ1) is 19.3. The van der Waals surface area contributed by atoms with Gasteiger partial charge in [0.05, 0.1) is 11.9 Å². The fourth-order valence-corrected chi connectivity index (χ4v) is 4.63. The second kappa shape index (κ2) is 7.76. The molecule has 0 atom stereocenters. The number of hydrogen-bond acceptors (Lipinski definition) is 6. The molecule has 0 aliphatic carbocycles. The van der Waals surface area contributed by atoms with Gasteiger partial charge in [0.15, 0.2) is 5.13 Å². The SMILES string of the molecule is Fc1ccc(-c2nc(CN3CCN(c4ncc(C(F)(F)F)s4)CC3)cs2)cc1. The van der Waals surface area contributed by atoms with Gasteiger partial charge in [-0.3, -0.25) is 4.90 Å². The summed E-state index contributed by atoms with van der Waals surface area (Å²) in [5, 5.41) is 3.25. The highest BCUT2D eigenvalue weighted by Crippen LogP contribution is 2.36. The van der Waals surface area contributed by atoms with E-state index in [2.05, 4.69) is 14.9 Å². The van der Waals surface area contributed by atoms with Crippen molar-refractivity contribution in [2.75, 3.05) is 31.1 Å². The van der Waals surface area contributed by atoms with Crippen molar-refractivity contribution in [3.05, 3.63) is 52.2 Å². The van der Waals surface area contributed by atoms with Gasteiger partial charge < -0.3 is 4.90 Å². The number of rotatable bonds is 4. The van der Waals surface area contributed by atoms with E-state index in [0.717, 1.165) is 35.6 Å². The minimum Gasteiger partial charge on any atom is -0.346 e. The molecule has 4 nitrogen and oxygen atoms in total. The number of thiazole rings is 2. The summed E-state index contributed by atoms with van der Waals surface area (Å²) >= 11 is 2.20. The second-order valence-corrected chi connectivity index (χ2v) is 8.29. The number of alkyl halides is 3. The highest BCUT2D eigenvalue weighted by Gasteiger charge is 2.34. The molecule has 3 heterocycles. The molecule has 0 amide bonds. The zero-order valence-corrected chi connectivity index (χ0v) is 16.2. The van der Waals surface area contributed by atoms with Crippen LogP contribution in [-0.2, 0) is 12.7 Å². The van der Waals surface area contributed by atoms with Crippen molar-refractivity contribution in [3.63, 3.8) is 0 Å². The molecule has 0 saturated carbocycles. The monoisotopic (exact) mass is 428 g/mol. The number of hydrogen-bond donors (Lipinski definition) is 0. The van der Waals surface area contributed by atoms with Crippen LogP contribution in [0.2, 0.25) is 0 Å². The van der Waals surface area contributed by atoms with Crippen LogP contribution in [0.1, 0.15) is 10.6 Å². The van der Waals surface area contributed by atoms with Gasteiger partial charge in [-0.2, -0.15) is 13.2 Å². The smallest absolute Gasteiger partial charge is 0.346 e. The largest absolute Gasteiger partial charge is 0.427 e. The third kappa shape index (κ3) is 4.34. The molecule has 1 saturated heterocycles. The van der Waals surface area contributed by atoms with Crippen molar-refractivity contribution < 1.29 is 17.6 Å². The van der Waals surface area contributed by atoms with Crippen LogP contribution in [0.25, 0.3) is 10.6 Å². The number of nitrogens with zero attached hydrogens (tertiary/aromatic N) is 4. The Hall–Kier alpha value is -2.04.